The first-order chi connectivity index (χ1) is 6.84. The van der Waals surface area contributed by atoms with E-state index in [-0.39, 0.29) is 0 Å². The Hall–Kier alpha value is -1.91. The lowest BCUT2D eigenvalue weighted by molar-refractivity contribution is 0.517. The molecule has 2 aromatic rings. The number of nitrogens with zero attached hydrogens (tertiary/aromatic N) is 2. The molecule has 0 spiro atoms. The van der Waals surface area contributed by atoms with Crippen molar-refractivity contribution in [3.63, 3.8) is 0 Å². The van der Waals surface area contributed by atoms with Crippen molar-refractivity contribution in [2.45, 2.75) is 6.54 Å². The zero-order chi connectivity index (χ0) is 9.80. The largest absolute Gasteiger partial charge is 0.467 e. The number of nitrogens with one attached hydrogen (secondary N) is 1. The van der Waals surface area contributed by atoms with E-state index in [0.717, 1.165) is 18.2 Å². The highest BCUT2D eigenvalue weighted by Crippen LogP contribution is 2.03. The lowest BCUT2D eigenvalue weighted by Crippen LogP contribution is -2.02. The zero-order valence-electron chi connectivity index (χ0n) is 7.27. The molecule has 2 aromatic heterocycles. The van der Waals surface area contributed by atoms with Crippen molar-refractivity contribution >= 4 is 5.95 Å². The van der Waals surface area contributed by atoms with Crippen LogP contribution < -0.4 is 5.32 Å². The van der Waals surface area contributed by atoms with Gasteiger partial charge in [-0.1, -0.05) is 0 Å². The monoisotopic (exact) mass is 193 g/mol. The fourth-order valence-electron chi connectivity index (χ4n) is 0.983. The smallest absolute Gasteiger partial charge is 0.223 e. The van der Waals surface area contributed by atoms with Crippen LogP contribution in [0.1, 0.15) is 5.76 Å². The van der Waals surface area contributed by atoms with Crippen LogP contribution in [0.4, 0.5) is 10.3 Å². The molecule has 0 atom stereocenters. The molecule has 0 fully saturated rings. The maximum absolute atomic E-state index is 12.4. The lowest BCUT2D eigenvalue weighted by atomic mass is 10.4. The van der Waals surface area contributed by atoms with Crippen LogP contribution in [0, 0.1) is 5.82 Å². The van der Waals surface area contributed by atoms with Gasteiger partial charge in [-0.3, -0.25) is 0 Å². The molecule has 0 amide bonds. The zero-order valence-corrected chi connectivity index (χ0v) is 7.27. The first-order valence-corrected chi connectivity index (χ1v) is 4.08. The summed E-state index contributed by atoms with van der Waals surface area (Å²) in [5.74, 6) is 0.703. The Balaban J connectivity index is 1.95. The van der Waals surface area contributed by atoms with E-state index in [1.165, 1.54) is 0 Å². The Morgan fingerprint density at radius 3 is 2.79 bits per heavy atom. The van der Waals surface area contributed by atoms with Crippen molar-refractivity contribution in [1.29, 1.82) is 0 Å². The summed E-state index contributed by atoms with van der Waals surface area (Å²) in [7, 11) is 0. The molecule has 0 unspecified atom stereocenters. The molecule has 0 aliphatic rings. The molecule has 72 valence electrons. The van der Waals surface area contributed by atoms with Crippen molar-refractivity contribution in [2.24, 2.45) is 0 Å². The second-order valence-electron chi connectivity index (χ2n) is 2.66. The third kappa shape index (κ3) is 2.07. The topological polar surface area (TPSA) is 51.0 Å². The predicted molar refractivity (Wildman–Crippen MR) is 48.0 cm³/mol. The number of anilines is 1. The molecule has 0 bridgehead atoms. The highest BCUT2D eigenvalue weighted by Gasteiger charge is 1.98. The normalized spacial score (nSPS) is 10.1. The molecule has 0 aromatic carbocycles. The van der Waals surface area contributed by atoms with E-state index >= 15 is 0 Å². The van der Waals surface area contributed by atoms with Crippen LogP contribution in [0.25, 0.3) is 0 Å². The molecule has 4 nitrogen and oxygen atoms in total. The minimum atomic E-state index is -0.450. The van der Waals surface area contributed by atoms with Crippen LogP contribution in [0.2, 0.25) is 0 Å². The number of furan rings is 1. The van der Waals surface area contributed by atoms with E-state index in [1.807, 2.05) is 6.07 Å². The van der Waals surface area contributed by atoms with E-state index in [2.05, 4.69) is 15.3 Å². The highest BCUT2D eigenvalue weighted by atomic mass is 19.1. The van der Waals surface area contributed by atoms with Crippen LogP contribution in [-0.4, -0.2) is 9.97 Å². The van der Waals surface area contributed by atoms with Gasteiger partial charge in [-0.25, -0.2) is 14.4 Å². The summed E-state index contributed by atoms with van der Waals surface area (Å²) < 4.78 is 17.5. The molecule has 2 heterocycles. The van der Waals surface area contributed by atoms with E-state index in [0.29, 0.717) is 12.5 Å². The molecule has 0 saturated carbocycles. The number of halogens is 1. The van der Waals surface area contributed by atoms with Crippen molar-refractivity contribution in [1.82, 2.24) is 9.97 Å². The van der Waals surface area contributed by atoms with Gasteiger partial charge in [0.2, 0.25) is 5.95 Å². The molecular formula is C9H8FN3O. The van der Waals surface area contributed by atoms with Gasteiger partial charge in [-0.15, -0.1) is 0 Å². The number of hydrogen-bond donors (Lipinski definition) is 1. The summed E-state index contributed by atoms with van der Waals surface area (Å²) in [6, 6.07) is 3.62. The number of hydrogen-bond acceptors (Lipinski definition) is 4. The van der Waals surface area contributed by atoms with E-state index < -0.39 is 5.82 Å². The molecule has 0 aliphatic carbocycles. The molecule has 0 radical (unpaired) electrons. The molecule has 2 rings (SSSR count). The molecule has 5 heteroatoms. The minimum Gasteiger partial charge on any atom is -0.467 e. The van der Waals surface area contributed by atoms with E-state index in [9.17, 15) is 4.39 Å². The molecule has 0 aliphatic heterocycles. The first kappa shape index (κ1) is 8.68. The third-order valence-corrected chi connectivity index (χ3v) is 1.62. The summed E-state index contributed by atoms with van der Waals surface area (Å²) in [5.41, 5.74) is 0. The molecular weight excluding hydrogens is 185 g/mol. The fourth-order valence-corrected chi connectivity index (χ4v) is 0.983. The Morgan fingerprint density at radius 2 is 2.14 bits per heavy atom. The van der Waals surface area contributed by atoms with Gasteiger partial charge in [0.05, 0.1) is 25.2 Å². The SMILES string of the molecule is Fc1cnc(NCc2ccco2)nc1. The standard InChI is InChI=1S/C9H8FN3O/c10-7-4-11-9(12-5-7)13-6-8-2-1-3-14-8/h1-5H,6H2,(H,11,12,13). The highest BCUT2D eigenvalue weighted by molar-refractivity contribution is 5.23. The van der Waals surface area contributed by atoms with Gasteiger partial charge in [0.1, 0.15) is 5.76 Å². The Morgan fingerprint density at radius 1 is 1.36 bits per heavy atom. The molecule has 14 heavy (non-hydrogen) atoms. The van der Waals surface area contributed by atoms with Crippen molar-refractivity contribution in [3.8, 4) is 0 Å². The van der Waals surface area contributed by atoms with Crippen molar-refractivity contribution in [2.75, 3.05) is 5.32 Å². The van der Waals surface area contributed by atoms with Gasteiger partial charge in [0, 0.05) is 0 Å². The third-order valence-electron chi connectivity index (χ3n) is 1.62. The van der Waals surface area contributed by atoms with Crippen LogP contribution in [-0.2, 0) is 6.54 Å². The van der Waals surface area contributed by atoms with Crippen molar-refractivity contribution in [3.05, 3.63) is 42.4 Å². The van der Waals surface area contributed by atoms with Gasteiger partial charge in [-0.05, 0) is 12.1 Å². The molecule has 1 N–H and O–H groups in total. The average Bonchev–Trinajstić information content (AvgIpc) is 2.70. The van der Waals surface area contributed by atoms with Crippen molar-refractivity contribution < 1.29 is 8.81 Å². The second-order valence-corrected chi connectivity index (χ2v) is 2.66. The van der Waals surface area contributed by atoms with Crippen LogP contribution in [0.3, 0.4) is 0 Å². The fraction of sp³-hybridized carbons (Fsp3) is 0.111. The number of aromatic nitrogens is 2. The summed E-state index contributed by atoms with van der Waals surface area (Å²) in [5, 5.41) is 2.89. The Labute approximate surface area is 79.8 Å². The average molecular weight is 193 g/mol. The Kier molecular flexibility index (Phi) is 2.40. The van der Waals surface area contributed by atoms with Gasteiger partial charge in [0.15, 0.2) is 5.82 Å². The van der Waals surface area contributed by atoms with Crippen LogP contribution >= 0.6 is 0 Å². The quantitative estimate of drug-likeness (QED) is 0.807. The van der Waals surface area contributed by atoms with E-state index in [4.69, 9.17) is 4.42 Å². The summed E-state index contributed by atoms with van der Waals surface area (Å²) >= 11 is 0. The lowest BCUT2D eigenvalue weighted by Gasteiger charge is -2.00. The minimum absolute atomic E-state index is 0.378. The number of rotatable bonds is 3. The maximum Gasteiger partial charge on any atom is 0.223 e. The van der Waals surface area contributed by atoms with Crippen LogP contribution in [0.5, 0.6) is 0 Å². The summed E-state index contributed by atoms with van der Waals surface area (Å²) in [6.07, 6.45) is 3.80. The van der Waals surface area contributed by atoms with Gasteiger partial charge >= 0.3 is 0 Å². The van der Waals surface area contributed by atoms with Gasteiger partial charge < -0.3 is 9.73 Å². The van der Waals surface area contributed by atoms with Gasteiger partial charge in [-0.2, -0.15) is 0 Å². The maximum atomic E-state index is 12.4. The Bertz CT molecular complexity index is 385. The van der Waals surface area contributed by atoms with E-state index in [1.54, 1.807) is 12.3 Å². The van der Waals surface area contributed by atoms with Crippen LogP contribution in [0.15, 0.2) is 35.2 Å². The first-order valence-electron chi connectivity index (χ1n) is 4.08. The predicted octanol–water partition coefficient (Wildman–Crippen LogP) is 1.82. The molecule has 0 saturated heterocycles. The summed E-state index contributed by atoms with van der Waals surface area (Å²) in [4.78, 5) is 7.48. The summed E-state index contributed by atoms with van der Waals surface area (Å²) in [6.45, 7) is 0.485. The van der Waals surface area contributed by atoms with Gasteiger partial charge in [0.25, 0.3) is 0 Å². The second kappa shape index (κ2) is 3.87.